The van der Waals surface area contributed by atoms with E-state index in [9.17, 15) is 4.79 Å². The van der Waals surface area contributed by atoms with Crippen LogP contribution in [0.15, 0.2) is 42.9 Å². The zero-order valence-electron chi connectivity index (χ0n) is 13.8. The second-order valence-electron chi connectivity index (χ2n) is 6.44. The van der Waals surface area contributed by atoms with Crippen LogP contribution in [0.25, 0.3) is 0 Å². The van der Waals surface area contributed by atoms with Gasteiger partial charge in [-0.2, -0.15) is 0 Å². The third-order valence-electron chi connectivity index (χ3n) is 4.66. The monoisotopic (exact) mass is 309 g/mol. The lowest BCUT2D eigenvalue weighted by Gasteiger charge is -2.21. The molecule has 1 amide bonds. The van der Waals surface area contributed by atoms with Crippen molar-refractivity contribution in [3.8, 4) is 0 Å². The summed E-state index contributed by atoms with van der Waals surface area (Å²) in [5.74, 6) is 0.670. The third-order valence-corrected chi connectivity index (χ3v) is 4.66. The smallest absolute Gasteiger partial charge is 0.223 e. The Balaban J connectivity index is 1.59. The number of benzene rings is 1. The Morgan fingerprint density at radius 1 is 1.26 bits per heavy atom. The maximum absolute atomic E-state index is 12.5. The number of rotatable bonds is 4. The van der Waals surface area contributed by atoms with Crippen LogP contribution in [0.5, 0.6) is 0 Å². The topological polar surface area (TPSA) is 46.1 Å². The van der Waals surface area contributed by atoms with Gasteiger partial charge in [-0.1, -0.05) is 29.8 Å². The maximum atomic E-state index is 12.5. The van der Waals surface area contributed by atoms with Crippen LogP contribution in [0.3, 0.4) is 0 Å². The normalized spacial score (nSPS) is 20.7. The van der Waals surface area contributed by atoms with E-state index in [2.05, 4.69) is 48.1 Å². The van der Waals surface area contributed by atoms with Gasteiger partial charge in [-0.15, -0.1) is 0 Å². The lowest BCUT2D eigenvalue weighted by Crippen LogP contribution is -2.34. The van der Waals surface area contributed by atoms with E-state index in [1.807, 2.05) is 4.90 Å². The highest BCUT2D eigenvalue weighted by molar-refractivity contribution is 5.77. The van der Waals surface area contributed by atoms with Crippen molar-refractivity contribution >= 4 is 5.91 Å². The van der Waals surface area contributed by atoms with Crippen molar-refractivity contribution in [2.24, 2.45) is 0 Å². The zero-order chi connectivity index (χ0) is 16.2. The van der Waals surface area contributed by atoms with E-state index in [0.717, 1.165) is 18.7 Å². The van der Waals surface area contributed by atoms with E-state index in [1.54, 1.807) is 18.6 Å². The van der Waals surface area contributed by atoms with Crippen LogP contribution < -0.4 is 0 Å². The number of nitrogens with zero attached hydrogens (tertiary/aromatic N) is 3. The highest BCUT2D eigenvalue weighted by atomic mass is 16.2. The second kappa shape index (κ2) is 6.90. The molecular formula is C19H23N3O. The lowest BCUT2D eigenvalue weighted by molar-refractivity contribution is -0.131. The molecule has 2 aromatic rings. The van der Waals surface area contributed by atoms with Crippen molar-refractivity contribution in [1.82, 2.24) is 14.9 Å². The van der Waals surface area contributed by atoms with E-state index >= 15 is 0 Å². The van der Waals surface area contributed by atoms with Crippen LogP contribution >= 0.6 is 0 Å². The van der Waals surface area contributed by atoms with Gasteiger partial charge < -0.3 is 4.90 Å². The number of likely N-dealkylation sites (tertiary alicyclic amines) is 1. The summed E-state index contributed by atoms with van der Waals surface area (Å²) in [6.45, 7) is 5.07. The predicted octanol–water partition coefficient (Wildman–Crippen LogP) is 3.12. The van der Waals surface area contributed by atoms with E-state index in [4.69, 9.17) is 0 Å². The molecule has 1 aliphatic heterocycles. The molecule has 0 N–H and O–H groups in total. The molecule has 0 radical (unpaired) electrons. The van der Waals surface area contributed by atoms with Gasteiger partial charge in [0.05, 0.1) is 5.69 Å². The third kappa shape index (κ3) is 3.76. The van der Waals surface area contributed by atoms with Gasteiger partial charge >= 0.3 is 0 Å². The quantitative estimate of drug-likeness (QED) is 0.871. The lowest BCUT2D eigenvalue weighted by atomic mass is 9.96. The number of amides is 1. The summed E-state index contributed by atoms with van der Waals surface area (Å²) in [6.07, 6.45) is 7.26. The summed E-state index contributed by atoms with van der Waals surface area (Å²) in [7, 11) is 0. The minimum Gasteiger partial charge on any atom is -0.339 e. The fourth-order valence-electron chi connectivity index (χ4n) is 3.30. The first-order chi connectivity index (χ1) is 11.1. The number of aromatic nitrogens is 2. The fraction of sp³-hybridized carbons (Fsp3) is 0.421. The SMILES string of the molecule is Cc1ccc(C2CC(C)N(C(=O)CCc3cnccn3)C2)cc1. The Labute approximate surface area is 137 Å². The zero-order valence-corrected chi connectivity index (χ0v) is 13.8. The molecule has 4 nitrogen and oxygen atoms in total. The van der Waals surface area contributed by atoms with Gasteiger partial charge in [0.25, 0.3) is 0 Å². The number of hydrogen-bond donors (Lipinski definition) is 0. The Hall–Kier alpha value is -2.23. The first-order valence-electron chi connectivity index (χ1n) is 8.24. The van der Waals surface area contributed by atoms with Gasteiger partial charge in [0, 0.05) is 43.5 Å². The summed E-state index contributed by atoms with van der Waals surface area (Å²) in [4.78, 5) is 22.8. The van der Waals surface area contributed by atoms with Crippen molar-refractivity contribution in [3.05, 3.63) is 59.7 Å². The maximum Gasteiger partial charge on any atom is 0.223 e. The van der Waals surface area contributed by atoms with Crippen molar-refractivity contribution in [2.75, 3.05) is 6.54 Å². The summed E-state index contributed by atoms with van der Waals surface area (Å²) in [5, 5.41) is 0. The standard InChI is InChI=1S/C19H23N3O/c1-14-3-5-16(6-4-14)17-11-15(2)22(13-17)19(23)8-7-18-12-20-9-10-21-18/h3-6,9-10,12,15,17H,7-8,11,13H2,1-2H3. The molecule has 0 saturated carbocycles. The van der Waals surface area contributed by atoms with Gasteiger partial charge in [0.2, 0.25) is 5.91 Å². The number of aryl methyl sites for hydroxylation is 2. The average Bonchev–Trinajstić information content (AvgIpc) is 2.96. The van der Waals surface area contributed by atoms with Crippen LogP contribution in [0.1, 0.15) is 42.5 Å². The average molecular weight is 309 g/mol. The number of carbonyl (C=O) groups excluding carboxylic acids is 1. The molecule has 0 bridgehead atoms. The van der Waals surface area contributed by atoms with Crippen molar-refractivity contribution in [3.63, 3.8) is 0 Å². The minimum absolute atomic E-state index is 0.220. The Bertz CT molecular complexity index is 654. The summed E-state index contributed by atoms with van der Waals surface area (Å²) in [6, 6.07) is 8.99. The number of carbonyl (C=O) groups is 1. The van der Waals surface area contributed by atoms with Gasteiger partial charge in [-0.05, 0) is 32.3 Å². The molecule has 2 unspecified atom stereocenters. The van der Waals surface area contributed by atoms with Crippen molar-refractivity contribution in [1.29, 1.82) is 0 Å². The molecule has 0 spiro atoms. The van der Waals surface area contributed by atoms with Crippen LogP contribution in [-0.4, -0.2) is 33.4 Å². The molecule has 2 heterocycles. The second-order valence-corrected chi connectivity index (χ2v) is 6.44. The molecule has 4 heteroatoms. The summed E-state index contributed by atoms with van der Waals surface area (Å²) < 4.78 is 0. The van der Waals surface area contributed by atoms with Gasteiger partial charge in [-0.3, -0.25) is 14.8 Å². The highest BCUT2D eigenvalue weighted by Gasteiger charge is 2.32. The summed E-state index contributed by atoms with van der Waals surface area (Å²) in [5.41, 5.74) is 3.49. The van der Waals surface area contributed by atoms with E-state index < -0.39 is 0 Å². The van der Waals surface area contributed by atoms with Crippen LogP contribution in [0.4, 0.5) is 0 Å². The Kier molecular flexibility index (Phi) is 4.70. The van der Waals surface area contributed by atoms with Crippen LogP contribution in [0, 0.1) is 6.92 Å². The van der Waals surface area contributed by atoms with Crippen LogP contribution in [0.2, 0.25) is 0 Å². The van der Waals surface area contributed by atoms with Gasteiger partial charge in [-0.25, -0.2) is 0 Å². The Morgan fingerprint density at radius 2 is 2.04 bits per heavy atom. The predicted molar refractivity (Wildman–Crippen MR) is 90.1 cm³/mol. The Morgan fingerprint density at radius 3 is 2.74 bits per heavy atom. The molecule has 0 aliphatic carbocycles. The minimum atomic E-state index is 0.220. The molecule has 120 valence electrons. The van der Waals surface area contributed by atoms with Crippen molar-refractivity contribution in [2.45, 2.75) is 45.1 Å². The molecule has 1 aromatic heterocycles. The summed E-state index contributed by atoms with van der Waals surface area (Å²) >= 11 is 0. The molecule has 3 rings (SSSR count). The molecular weight excluding hydrogens is 286 g/mol. The molecule has 1 saturated heterocycles. The molecule has 23 heavy (non-hydrogen) atoms. The van der Waals surface area contributed by atoms with Crippen LogP contribution in [-0.2, 0) is 11.2 Å². The van der Waals surface area contributed by atoms with Gasteiger partial charge in [0.15, 0.2) is 0 Å². The molecule has 1 aromatic carbocycles. The van der Waals surface area contributed by atoms with Gasteiger partial charge in [0.1, 0.15) is 0 Å². The van der Waals surface area contributed by atoms with Crippen molar-refractivity contribution < 1.29 is 4.79 Å². The first-order valence-corrected chi connectivity index (χ1v) is 8.24. The van der Waals surface area contributed by atoms with E-state index in [0.29, 0.717) is 24.8 Å². The molecule has 1 fully saturated rings. The number of hydrogen-bond acceptors (Lipinski definition) is 3. The first kappa shape index (κ1) is 15.7. The van der Waals surface area contributed by atoms with E-state index in [1.165, 1.54) is 11.1 Å². The fourth-order valence-corrected chi connectivity index (χ4v) is 3.30. The molecule has 1 aliphatic rings. The highest BCUT2D eigenvalue weighted by Crippen LogP contribution is 2.32. The van der Waals surface area contributed by atoms with E-state index in [-0.39, 0.29) is 5.91 Å². The molecule has 2 atom stereocenters. The largest absolute Gasteiger partial charge is 0.339 e.